The molecule has 0 saturated heterocycles. The number of aromatic nitrogens is 2. The number of rotatable bonds is 2. The summed E-state index contributed by atoms with van der Waals surface area (Å²) in [5.74, 6) is 0.398. The van der Waals surface area contributed by atoms with Crippen molar-refractivity contribution in [1.29, 1.82) is 0 Å². The van der Waals surface area contributed by atoms with Crippen LogP contribution >= 0.6 is 11.3 Å². The Balaban J connectivity index is 1.78. The third-order valence-electron chi connectivity index (χ3n) is 4.85. The van der Waals surface area contributed by atoms with Crippen LogP contribution in [0.1, 0.15) is 38.6 Å². The molecule has 26 heavy (non-hydrogen) atoms. The number of nitrogens with zero attached hydrogens (tertiary/aromatic N) is 2. The normalized spacial score (nSPS) is 14.8. The SMILES string of the molecule is COC(=O)c1ccc(/C=C2/CCn3c2nc2sc(C)c(C)c2c3=O)cc1. The molecule has 3 heterocycles. The highest BCUT2D eigenvalue weighted by atomic mass is 32.1. The lowest BCUT2D eigenvalue weighted by atomic mass is 10.1. The van der Waals surface area contributed by atoms with Gasteiger partial charge in [-0.2, -0.15) is 0 Å². The van der Waals surface area contributed by atoms with Crippen molar-refractivity contribution < 1.29 is 9.53 Å². The minimum Gasteiger partial charge on any atom is -0.465 e. The van der Waals surface area contributed by atoms with Crippen molar-refractivity contribution in [2.45, 2.75) is 26.8 Å². The highest BCUT2D eigenvalue weighted by Gasteiger charge is 2.23. The summed E-state index contributed by atoms with van der Waals surface area (Å²) in [5, 5.41) is 0.750. The number of carbonyl (C=O) groups excluding carboxylic acids is 1. The number of carbonyl (C=O) groups is 1. The van der Waals surface area contributed by atoms with E-state index in [1.807, 2.05) is 32.1 Å². The van der Waals surface area contributed by atoms with Crippen LogP contribution in [0.15, 0.2) is 29.1 Å². The molecule has 2 aromatic heterocycles. The van der Waals surface area contributed by atoms with Crippen molar-refractivity contribution in [3.63, 3.8) is 0 Å². The van der Waals surface area contributed by atoms with E-state index in [2.05, 4.69) is 0 Å². The van der Waals surface area contributed by atoms with Crippen molar-refractivity contribution in [3.8, 4) is 0 Å². The predicted octanol–water partition coefficient (Wildman–Crippen LogP) is 3.81. The molecular weight excluding hydrogens is 348 g/mol. The number of esters is 1. The molecule has 1 aromatic carbocycles. The number of methoxy groups -OCH3 is 1. The van der Waals surface area contributed by atoms with Gasteiger partial charge < -0.3 is 4.74 Å². The first kappa shape index (κ1) is 16.7. The summed E-state index contributed by atoms with van der Waals surface area (Å²) in [5.41, 5.74) is 3.61. The fraction of sp³-hybridized carbons (Fsp3) is 0.250. The van der Waals surface area contributed by atoms with Crippen molar-refractivity contribution in [2.75, 3.05) is 7.11 Å². The molecule has 0 amide bonds. The molecular formula is C20H18N2O3S. The zero-order valence-electron chi connectivity index (χ0n) is 14.8. The second-order valence-corrected chi connectivity index (χ2v) is 7.59. The predicted molar refractivity (Wildman–Crippen MR) is 104 cm³/mol. The fourth-order valence-corrected chi connectivity index (χ4v) is 4.31. The molecule has 0 radical (unpaired) electrons. The standard InChI is InChI=1S/C20H18N2O3S/c1-11-12(2)26-18-16(11)19(23)22-9-8-15(17(22)21-18)10-13-4-6-14(7-5-13)20(24)25-3/h4-7,10H,8-9H2,1-3H3/b15-10-. The van der Waals surface area contributed by atoms with Gasteiger partial charge in [-0.25, -0.2) is 9.78 Å². The lowest BCUT2D eigenvalue weighted by Crippen LogP contribution is -2.20. The Morgan fingerprint density at radius 3 is 2.69 bits per heavy atom. The van der Waals surface area contributed by atoms with E-state index in [0.29, 0.717) is 12.1 Å². The van der Waals surface area contributed by atoms with E-state index < -0.39 is 0 Å². The first-order valence-electron chi connectivity index (χ1n) is 8.39. The van der Waals surface area contributed by atoms with Gasteiger partial charge in [0.05, 0.1) is 18.1 Å². The van der Waals surface area contributed by atoms with Crippen molar-refractivity contribution in [3.05, 3.63) is 62.0 Å². The Kier molecular flexibility index (Phi) is 4.00. The number of allylic oxidation sites excluding steroid dienone is 1. The van der Waals surface area contributed by atoms with Crippen LogP contribution in [0.5, 0.6) is 0 Å². The van der Waals surface area contributed by atoms with Gasteiger partial charge in [-0.1, -0.05) is 12.1 Å². The molecule has 0 bridgehead atoms. The minimum atomic E-state index is -0.352. The van der Waals surface area contributed by atoms with Gasteiger partial charge in [0.2, 0.25) is 0 Å². The highest BCUT2D eigenvalue weighted by Crippen LogP contribution is 2.31. The van der Waals surface area contributed by atoms with Crippen molar-refractivity contribution >= 4 is 39.2 Å². The highest BCUT2D eigenvalue weighted by molar-refractivity contribution is 7.18. The molecule has 0 fully saturated rings. The van der Waals surface area contributed by atoms with E-state index in [0.717, 1.165) is 44.0 Å². The van der Waals surface area contributed by atoms with Gasteiger partial charge in [-0.3, -0.25) is 9.36 Å². The van der Waals surface area contributed by atoms with E-state index in [-0.39, 0.29) is 11.5 Å². The zero-order valence-corrected chi connectivity index (χ0v) is 15.6. The zero-order chi connectivity index (χ0) is 18.4. The summed E-state index contributed by atoms with van der Waals surface area (Å²) < 4.78 is 6.49. The molecule has 4 rings (SSSR count). The van der Waals surface area contributed by atoms with Crippen LogP contribution in [-0.2, 0) is 11.3 Å². The van der Waals surface area contributed by atoms with E-state index >= 15 is 0 Å². The van der Waals surface area contributed by atoms with Gasteiger partial charge >= 0.3 is 5.97 Å². The summed E-state index contributed by atoms with van der Waals surface area (Å²) in [6.07, 6.45) is 2.81. The second kappa shape index (κ2) is 6.21. The van der Waals surface area contributed by atoms with E-state index in [1.165, 1.54) is 7.11 Å². The first-order valence-corrected chi connectivity index (χ1v) is 9.21. The summed E-state index contributed by atoms with van der Waals surface area (Å²) in [6, 6.07) is 7.22. The largest absolute Gasteiger partial charge is 0.465 e. The Labute approximate surface area is 154 Å². The lowest BCUT2D eigenvalue weighted by Gasteiger charge is -2.04. The number of benzene rings is 1. The third kappa shape index (κ3) is 2.57. The molecule has 0 unspecified atom stereocenters. The molecule has 1 aliphatic rings. The molecule has 0 spiro atoms. The average molecular weight is 366 g/mol. The molecule has 132 valence electrons. The van der Waals surface area contributed by atoms with E-state index in [1.54, 1.807) is 28.0 Å². The molecule has 6 heteroatoms. The maximum atomic E-state index is 12.9. The van der Waals surface area contributed by atoms with Crippen LogP contribution in [0.4, 0.5) is 0 Å². The maximum absolute atomic E-state index is 12.9. The van der Waals surface area contributed by atoms with Crippen molar-refractivity contribution in [2.24, 2.45) is 0 Å². The van der Waals surface area contributed by atoms with Crippen LogP contribution in [0.2, 0.25) is 0 Å². The maximum Gasteiger partial charge on any atom is 0.337 e. The first-order chi connectivity index (χ1) is 12.5. The number of ether oxygens (including phenoxy) is 1. The quantitative estimate of drug-likeness (QED) is 0.647. The summed E-state index contributed by atoms with van der Waals surface area (Å²) >= 11 is 1.57. The Bertz CT molecular complexity index is 1120. The summed E-state index contributed by atoms with van der Waals surface area (Å²) in [6.45, 7) is 4.66. The molecule has 1 aliphatic heterocycles. The Morgan fingerprint density at radius 2 is 2.00 bits per heavy atom. The molecule has 0 aliphatic carbocycles. The number of hydrogen-bond donors (Lipinski definition) is 0. The smallest absolute Gasteiger partial charge is 0.337 e. The van der Waals surface area contributed by atoms with Gasteiger partial charge in [-0.05, 0) is 55.2 Å². The van der Waals surface area contributed by atoms with Gasteiger partial charge in [-0.15, -0.1) is 11.3 Å². The number of thiophene rings is 1. The molecule has 0 saturated carbocycles. The van der Waals surface area contributed by atoms with E-state index in [9.17, 15) is 9.59 Å². The molecule has 0 N–H and O–H groups in total. The van der Waals surface area contributed by atoms with Crippen LogP contribution in [-0.4, -0.2) is 22.6 Å². The molecule has 5 nitrogen and oxygen atoms in total. The minimum absolute atomic E-state index is 0.0521. The van der Waals surface area contributed by atoms with Crippen molar-refractivity contribution in [1.82, 2.24) is 9.55 Å². The van der Waals surface area contributed by atoms with Gasteiger partial charge in [0, 0.05) is 11.4 Å². The summed E-state index contributed by atoms with van der Waals surface area (Å²) in [7, 11) is 1.37. The fourth-order valence-electron chi connectivity index (χ4n) is 3.30. The Morgan fingerprint density at radius 1 is 1.27 bits per heavy atom. The van der Waals surface area contributed by atoms with Gasteiger partial charge in [0.15, 0.2) is 0 Å². The molecule has 3 aromatic rings. The second-order valence-electron chi connectivity index (χ2n) is 6.39. The average Bonchev–Trinajstić information content (AvgIpc) is 3.17. The number of aryl methyl sites for hydroxylation is 2. The van der Waals surface area contributed by atoms with E-state index in [4.69, 9.17) is 9.72 Å². The monoisotopic (exact) mass is 366 g/mol. The molecule has 0 atom stereocenters. The number of hydrogen-bond acceptors (Lipinski definition) is 5. The van der Waals surface area contributed by atoms with Crippen LogP contribution < -0.4 is 5.56 Å². The third-order valence-corrected chi connectivity index (χ3v) is 5.95. The van der Waals surface area contributed by atoms with Crippen LogP contribution in [0.3, 0.4) is 0 Å². The Hall–Kier alpha value is -2.73. The van der Waals surface area contributed by atoms with Gasteiger partial charge in [0.25, 0.3) is 5.56 Å². The number of fused-ring (bicyclic) bond motifs is 2. The van der Waals surface area contributed by atoms with Crippen LogP contribution in [0, 0.1) is 13.8 Å². The lowest BCUT2D eigenvalue weighted by molar-refractivity contribution is 0.0600. The van der Waals surface area contributed by atoms with Crippen LogP contribution in [0.25, 0.3) is 21.9 Å². The van der Waals surface area contributed by atoms with Gasteiger partial charge in [0.1, 0.15) is 10.7 Å². The topological polar surface area (TPSA) is 61.2 Å². The summed E-state index contributed by atoms with van der Waals surface area (Å²) in [4.78, 5) is 31.1.